The molecule has 0 aliphatic heterocycles. The minimum Gasteiger partial charge on any atom is -0.307 e. The van der Waals surface area contributed by atoms with Crippen LogP contribution in [-0.4, -0.2) is 35.6 Å². The van der Waals surface area contributed by atoms with E-state index in [0.29, 0.717) is 0 Å². The van der Waals surface area contributed by atoms with Crippen LogP contribution in [0.4, 0.5) is 0 Å². The zero-order chi connectivity index (χ0) is 13.6. The topological polar surface area (TPSA) is 76.1 Å². The average Bonchev–Trinajstić information content (AvgIpc) is 2.37. The molecule has 0 spiro atoms. The van der Waals surface area contributed by atoms with Gasteiger partial charge in [-0.15, -0.1) is 36.7 Å². The summed E-state index contributed by atoms with van der Waals surface area (Å²) < 4.78 is 0. The van der Waals surface area contributed by atoms with Crippen LogP contribution < -0.4 is 22.1 Å². The highest BCUT2D eigenvalue weighted by atomic mass is 32.2. The van der Waals surface area contributed by atoms with Crippen molar-refractivity contribution in [3.8, 4) is 0 Å². The second-order valence-corrected chi connectivity index (χ2v) is 6.18. The number of nitrogens with two attached hydrogens (primary N) is 2. The third-order valence-electron chi connectivity index (χ3n) is 2.06. The summed E-state index contributed by atoms with van der Waals surface area (Å²) in [6.07, 6.45) is 5.95. The third-order valence-corrected chi connectivity index (χ3v) is 4.16. The van der Waals surface area contributed by atoms with Gasteiger partial charge < -0.3 is 11.5 Å². The van der Waals surface area contributed by atoms with Gasteiger partial charge >= 0.3 is 0 Å². The molecule has 0 rings (SSSR count). The normalized spacial score (nSPS) is 14.1. The molecule has 0 heterocycles. The largest absolute Gasteiger partial charge is 0.307 e. The zero-order valence-electron chi connectivity index (χ0n) is 10.9. The predicted octanol–water partition coefficient (Wildman–Crippen LogP) is 1.27. The highest BCUT2D eigenvalue weighted by Crippen LogP contribution is 2.11. The second-order valence-electron chi connectivity index (χ2n) is 3.68. The van der Waals surface area contributed by atoms with Crippen LogP contribution in [0.1, 0.15) is 12.8 Å². The maximum Gasteiger partial charge on any atom is 0.103 e. The van der Waals surface area contributed by atoms with Gasteiger partial charge in [0.15, 0.2) is 0 Å². The Bertz CT molecular complexity index is 192. The molecule has 0 radical (unpaired) electrons. The lowest BCUT2D eigenvalue weighted by molar-refractivity contribution is 0.721. The molecule has 0 amide bonds. The molecule has 6 N–H and O–H groups in total. The summed E-state index contributed by atoms with van der Waals surface area (Å²) in [6, 6.07) is 0. The van der Waals surface area contributed by atoms with E-state index in [1.54, 1.807) is 23.5 Å². The smallest absolute Gasteiger partial charge is 0.103 e. The first-order valence-electron chi connectivity index (χ1n) is 6.13. The lowest BCUT2D eigenvalue weighted by Crippen LogP contribution is -2.34. The number of rotatable bonds is 13. The van der Waals surface area contributed by atoms with Gasteiger partial charge in [0.25, 0.3) is 0 Å². The highest BCUT2D eigenvalue weighted by molar-refractivity contribution is 8.00. The van der Waals surface area contributed by atoms with Crippen molar-refractivity contribution in [2.24, 2.45) is 11.5 Å². The average molecular weight is 291 g/mol. The molecule has 0 aromatic carbocycles. The maximum atomic E-state index is 5.84. The zero-order valence-corrected chi connectivity index (χ0v) is 12.6. The Labute approximate surface area is 119 Å². The molecule has 0 aromatic rings. The van der Waals surface area contributed by atoms with Crippen molar-refractivity contribution in [1.29, 1.82) is 0 Å². The van der Waals surface area contributed by atoms with Crippen LogP contribution in [-0.2, 0) is 0 Å². The van der Waals surface area contributed by atoms with E-state index in [9.17, 15) is 0 Å². The van der Waals surface area contributed by atoms with Crippen molar-refractivity contribution >= 4 is 23.5 Å². The van der Waals surface area contributed by atoms with Gasteiger partial charge in [0.1, 0.15) is 11.0 Å². The molecule has 106 valence electrons. The summed E-state index contributed by atoms with van der Waals surface area (Å²) in [5.41, 5.74) is 11.7. The van der Waals surface area contributed by atoms with Gasteiger partial charge in [-0.1, -0.05) is 12.2 Å². The van der Waals surface area contributed by atoms with Crippen molar-refractivity contribution < 1.29 is 0 Å². The molecule has 0 aromatic heterocycles. The summed E-state index contributed by atoms with van der Waals surface area (Å²) in [5.74, 6) is 2.14. The first-order valence-corrected chi connectivity index (χ1v) is 8.23. The summed E-state index contributed by atoms with van der Waals surface area (Å²) in [6.45, 7) is 8.79. The van der Waals surface area contributed by atoms with Gasteiger partial charge in [0, 0.05) is 13.1 Å². The molecule has 0 bridgehead atoms. The maximum absolute atomic E-state index is 5.84. The van der Waals surface area contributed by atoms with Crippen molar-refractivity contribution in [3.63, 3.8) is 0 Å². The molecule has 0 aliphatic carbocycles. The van der Waals surface area contributed by atoms with E-state index in [-0.39, 0.29) is 11.0 Å². The van der Waals surface area contributed by atoms with Gasteiger partial charge in [-0.25, -0.2) is 0 Å². The summed E-state index contributed by atoms with van der Waals surface area (Å²) in [5, 5.41) is 6.29. The molecular formula is C12H26N4S2. The fourth-order valence-corrected chi connectivity index (χ4v) is 2.82. The van der Waals surface area contributed by atoms with Crippen LogP contribution in [0.5, 0.6) is 0 Å². The monoisotopic (exact) mass is 290 g/mol. The molecule has 0 unspecified atom stereocenters. The minimum atomic E-state index is 0.00664. The standard InChI is InChI=1S/C12H26N4S2/c1-3-7-15-11(13)17-9-5-6-10-18-12(14)16-8-4-2/h3-4,11-12,15-16H,1-2,5-10,13-14H2/t11-,12-/m1/s1. The van der Waals surface area contributed by atoms with E-state index in [4.69, 9.17) is 11.5 Å². The molecule has 0 fully saturated rings. The van der Waals surface area contributed by atoms with E-state index < -0.39 is 0 Å². The molecule has 2 atom stereocenters. The predicted molar refractivity (Wildman–Crippen MR) is 86.5 cm³/mol. The first kappa shape index (κ1) is 18.0. The van der Waals surface area contributed by atoms with Crippen LogP contribution in [0.25, 0.3) is 0 Å². The van der Waals surface area contributed by atoms with Gasteiger partial charge in [-0.3, -0.25) is 10.6 Å². The van der Waals surface area contributed by atoms with Gasteiger partial charge in [-0.2, -0.15) is 0 Å². The van der Waals surface area contributed by atoms with Gasteiger partial charge in [0.05, 0.1) is 0 Å². The third kappa shape index (κ3) is 12.5. The van der Waals surface area contributed by atoms with E-state index in [1.165, 1.54) is 0 Å². The van der Waals surface area contributed by atoms with Crippen molar-refractivity contribution in [3.05, 3.63) is 25.3 Å². The molecule has 6 heteroatoms. The molecule has 4 nitrogen and oxygen atoms in total. The lowest BCUT2D eigenvalue weighted by Gasteiger charge is -2.13. The molecule has 18 heavy (non-hydrogen) atoms. The van der Waals surface area contributed by atoms with Crippen LogP contribution in [0.3, 0.4) is 0 Å². The van der Waals surface area contributed by atoms with Crippen LogP contribution in [0.2, 0.25) is 0 Å². The number of hydrogen-bond acceptors (Lipinski definition) is 6. The quantitative estimate of drug-likeness (QED) is 0.232. The van der Waals surface area contributed by atoms with Gasteiger partial charge in [-0.05, 0) is 24.3 Å². The fourth-order valence-electron chi connectivity index (χ4n) is 1.14. The second kappa shape index (κ2) is 13.5. The minimum absolute atomic E-state index is 0.00664. The Morgan fingerprint density at radius 1 is 0.889 bits per heavy atom. The summed E-state index contributed by atoms with van der Waals surface area (Å²) in [7, 11) is 0. The van der Waals surface area contributed by atoms with Crippen LogP contribution in [0, 0.1) is 0 Å². The summed E-state index contributed by atoms with van der Waals surface area (Å²) >= 11 is 3.48. The SMILES string of the molecule is C=CCN[C@@H](N)SCCCCS[C@H](N)NCC=C. The van der Waals surface area contributed by atoms with Gasteiger partial charge in [0.2, 0.25) is 0 Å². The van der Waals surface area contributed by atoms with Crippen molar-refractivity contribution in [2.45, 2.75) is 23.8 Å². The molecular weight excluding hydrogens is 264 g/mol. The van der Waals surface area contributed by atoms with E-state index in [2.05, 4.69) is 23.8 Å². The number of hydrogen-bond donors (Lipinski definition) is 4. The van der Waals surface area contributed by atoms with Crippen LogP contribution in [0.15, 0.2) is 25.3 Å². The van der Waals surface area contributed by atoms with E-state index in [1.807, 2.05) is 12.2 Å². The Balaban J connectivity index is 3.24. The van der Waals surface area contributed by atoms with E-state index in [0.717, 1.165) is 37.4 Å². The van der Waals surface area contributed by atoms with E-state index >= 15 is 0 Å². The Kier molecular flexibility index (Phi) is 13.5. The van der Waals surface area contributed by atoms with Crippen molar-refractivity contribution in [2.75, 3.05) is 24.6 Å². The number of thioether (sulfide) groups is 2. The Hall–Kier alpha value is 0.0200. The number of unbranched alkanes of at least 4 members (excludes halogenated alkanes) is 1. The van der Waals surface area contributed by atoms with Crippen molar-refractivity contribution in [1.82, 2.24) is 10.6 Å². The lowest BCUT2D eigenvalue weighted by atomic mass is 10.4. The number of nitrogens with one attached hydrogen (secondary N) is 2. The summed E-state index contributed by atoms with van der Waals surface area (Å²) in [4.78, 5) is 0. The Morgan fingerprint density at radius 3 is 1.61 bits per heavy atom. The Morgan fingerprint density at radius 2 is 1.28 bits per heavy atom. The van der Waals surface area contributed by atoms with Crippen LogP contribution >= 0.6 is 23.5 Å². The fraction of sp³-hybridized carbons (Fsp3) is 0.667. The first-order chi connectivity index (χ1) is 8.70. The highest BCUT2D eigenvalue weighted by Gasteiger charge is 2.02. The molecule has 0 saturated heterocycles. The molecule has 0 saturated carbocycles. The molecule has 0 aliphatic rings.